The Hall–Kier alpha value is -7.11. The van der Waals surface area contributed by atoms with E-state index in [0.717, 1.165) is 60.2 Å². The summed E-state index contributed by atoms with van der Waals surface area (Å²) >= 11 is 0. The molecule has 3 aromatic heterocycles. The minimum absolute atomic E-state index is 0.580. The second-order valence-electron chi connectivity index (χ2n) is 13.3. The maximum absolute atomic E-state index is 5.29. The highest BCUT2D eigenvalue weighted by molar-refractivity contribution is 6.12. The average Bonchev–Trinajstić information content (AvgIpc) is 3.73. The molecule has 52 heavy (non-hydrogen) atoms. The summed E-state index contributed by atoms with van der Waals surface area (Å²) in [6.45, 7) is 0. The monoisotopic (exact) mass is 663 g/mol. The molecule has 0 N–H and O–H groups in total. The molecule has 0 aliphatic carbocycles. The number of para-hydroxylation sites is 3. The first-order valence-corrected chi connectivity index (χ1v) is 17.5. The molecule has 0 spiro atoms. The number of nitrogens with zero attached hydrogens (tertiary/aromatic N) is 5. The van der Waals surface area contributed by atoms with Gasteiger partial charge in [0.25, 0.3) is 0 Å². The summed E-state index contributed by atoms with van der Waals surface area (Å²) in [6.07, 6.45) is 0. The molecule has 0 unspecified atom stereocenters. The summed E-state index contributed by atoms with van der Waals surface area (Å²) < 4.78 is 4.57. The van der Waals surface area contributed by atoms with Crippen molar-refractivity contribution in [2.75, 3.05) is 0 Å². The van der Waals surface area contributed by atoms with E-state index in [9.17, 15) is 0 Å². The van der Waals surface area contributed by atoms with Gasteiger partial charge in [0, 0.05) is 38.4 Å². The highest BCUT2D eigenvalue weighted by Gasteiger charge is 2.20. The summed E-state index contributed by atoms with van der Waals surface area (Å²) in [6, 6.07) is 62.1. The normalized spacial score (nSPS) is 11.8. The van der Waals surface area contributed by atoms with Gasteiger partial charge in [0.1, 0.15) is 0 Å². The van der Waals surface area contributed by atoms with Gasteiger partial charge in [-0.25, -0.2) is 4.98 Å². The smallest absolute Gasteiger partial charge is 0.238 e. The quantitative estimate of drug-likeness (QED) is 0.188. The Kier molecular flexibility index (Phi) is 6.18. The van der Waals surface area contributed by atoms with Crippen LogP contribution in [0.15, 0.2) is 176 Å². The van der Waals surface area contributed by atoms with Crippen molar-refractivity contribution in [2.24, 2.45) is 0 Å². The molecule has 0 bridgehead atoms. The second-order valence-corrected chi connectivity index (χ2v) is 13.3. The van der Waals surface area contributed by atoms with Crippen LogP contribution >= 0.6 is 0 Å². The van der Waals surface area contributed by atoms with Gasteiger partial charge in [-0.2, -0.15) is 9.97 Å². The third-order valence-electron chi connectivity index (χ3n) is 10.4. The minimum atomic E-state index is 0.580. The van der Waals surface area contributed by atoms with Crippen LogP contribution in [0, 0.1) is 0 Å². The fourth-order valence-electron chi connectivity index (χ4n) is 8.06. The van der Waals surface area contributed by atoms with Crippen LogP contribution in [0.25, 0.3) is 99.6 Å². The van der Waals surface area contributed by atoms with Crippen molar-refractivity contribution in [1.82, 2.24) is 24.1 Å². The maximum atomic E-state index is 5.29. The third kappa shape index (κ3) is 4.26. The van der Waals surface area contributed by atoms with Crippen LogP contribution in [0.2, 0.25) is 0 Å². The van der Waals surface area contributed by atoms with E-state index in [-0.39, 0.29) is 0 Å². The minimum Gasteiger partial charge on any atom is -0.309 e. The molecule has 0 saturated carbocycles. The summed E-state index contributed by atoms with van der Waals surface area (Å²) in [5, 5.41) is 9.24. The van der Waals surface area contributed by atoms with Gasteiger partial charge in [-0.15, -0.1) is 0 Å². The molecule has 8 aromatic carbocycles. The van der Waals surface area contributed by atoms with Gasteiger partial charge < -0.3 is 4.57 Å². The molecular weight excluding hydrogens is 635 g/mol. The Morgan fingerprint density at radius 2 is 0.731 bits per heavy atom. The van der Waals surface area contributed by atoms with Gasteiger partial charge >= 0.3 is 0 Å². The number of aromatic nitrogens is 5. The summed E-state index contributed by atoms with van der Waals surface area (Å²) in [7, 11) is 0. The molecule has 0 aliphatic heterocycles. The molecule has 0 radical (unpaired) electrons. The van der Waals surface area contributed by atoms with Crippen molar-refractivity contribution in [3.05, 3.63) is 176 Å². The van der Waals surface area contributed by atoms with Crippen LogP contribution in [0.3, 0.4) is 0 Å². The lowest BCUT2D eigenvalue weighted by molar-refractivity contribution is 0.955. The molecule has 0 atom stereocenters. The fraction of sp³-hybridized carbons (Fsp3) is 0. The van der Waals surface area contributed by atoms with Crippen LogP contribution in [-0.2, 0) is 0 Å². The van der Waals surface area contributed by atoms with Gasteiger partial charge in [-0.3, -0.25) is 4.57 Å². The van der Waals surface area contributed by atoms with E-state index < -0.39 is 0 Å². The topological polar surface area (TPSA) is 48.5 Å². The largest absolute Gasteiger partial charge is 0.309 e. The lowest BCUT2D eigenvalue weighted by atomic mass is 10.0. The highest BCUT2D eigenvalue weighted by Crippen LogP contribution is 2.38. The summed E-state index contributed by atoms with van der Waals surface area (Å²) in [4.78, 5) is 15.8. The first-order chi connectivity index (χ1) is 25.8. The summed E-state index contributed by atoms with van der Waals surface area (Å²) in [5.41, 5.74) is 7.49. The zero-order chi connectivity index (χ0) is 34.2. The van der Waals surface area contributed by atoms with Crippen LogP contribution in [0.4, 0.5) is 0 Å². The number of fused-ring (bicyclic) bond motifs is 8. The van der Waals surface area contributed by atoms with Crippen molar-refractivity contribution in [3.63, 3.8) is 0 Å². The van der Waals surface area contributed by atoms with Crippen LogP contribution in [0.1, 0.15) is 0 Å². The lowest BCUT2D eigenvalue weighted by Gasteiger charge is -2.13. The lowest BCUT2D eigenvalue weighted by Crippen LogP contribution is -2.07. The third-order valence-corrected chi connectivity index (χ3v) is 10.4. The Bertz CT molecular complexity index is 3040. The van der Waals surface area contributed by atoms with Gasteiger partial charge in [-0.1, -0.05) is 140 Å². The van der Waals surface area contributed by atoms with Crippen molar-refractivity contribution < 1.29 is 0 Å². The van der Waals surface area contributed by atoms with E-state index >= 15 is 0 Å². The van der Waals surface area contributed by atoms with E-state index in [1.54, 1.807) is 0 Å². The zero-order valence-electron chi connectivity index (χ0n) is 28.0. The molecule has 0 amide bonds. The molecule has 5 nitrogen and oxygen atoms in total. The van der Waals surface area contributed by atoms with E-state index in [4.69, 9.17) is 15.0 Å². The molecule has 3 heterocycles. The molecule has 11 aromatic rings. The van der Waals surface area contributed by atoms with Crippen LogP contribution in [0.5, 0.6) is 0 Å². The maximum Gasteiger partial charge on any atom is 0.238 e. The Labute approximate surface area is 298 Å². The van der Waals surface area contributed by atoms with Crippen molar-refractivity contribution in [2.45, 2.75) is 0 Å². The van der Waals surface area contributed by atoms with Gasteiger partial charge in [0.2, 0.25) is 5.95 Å². The predicted octanol–water partition coefficient (Wildman–Crippen LogP) is 11.7. The van der Waals surface area contributed by atoms with Crippen LogP contribution < -0.4 is 0 Å². The second kappa shape index (κ2) is 11.2. The number of benzene rings is 8. The van der Waals surface area contributed by atoms with Crippen molar-refractivity contribution in [3.8, 4) is 34.4 Å². The fourth-order valence-corrected chi connectivity index (χ4v) is 8.06. The molecule has 0 aliphatic rings. The van der Waals surface area contributed by atoms with Crippen molar-refractivity contribution in [1.29, 1.82) is 0 Å². The Morgan fingerprint density at radius 3 is 1.29 bits per heavy atom. The van der Waals surface area contributed by atoms with Crippen LogP contribution in [-0.4, -0.2) is 24.1 Å². The Morgan fingerprint density at radius 1 is 0.308 bits per heavy atom. The van der Waals surface area contributed by atoms with Gasteiger partial charge in [0.05, 0.1) is 22.1 Å². The Balaban J connectivity index is 1.20. The van der Waals surface area contributed by atoms with E-state index in [0.29, 0.717) is 17.6 Å². The highest BCUT2D eigenvalue weighted by atomic mass is 15.2. The van der Waals surface area contributed by atoms with Crippen molar-refractivity contribution >= 4 is 65.2 Å². The standard InChI is InChI=1S/C47H29N5/c1-3-17-33-30(13-1)15-11-22-38(33)45-48-46(39-23-12-16-31-14-2-4-18-34(31)39)50-47(49-45)52-43-26-10-7-21-37(43)40-29-32(27-28-44(40)52)51-41-24-8-5-19-35(41)36-20-6-9-25-42(36)51/h1-29H. The first-order valence-electron chi connectivity index (χ1n) is 17.5. The number of hydrogen-bond donors (Lipinski definition) is 0. The van der Waals surface area contributed by atoms with Gasteiger partial charge in [0.15, 0.2) is 11.6 Å². The molecule has 11 rings (SSSR count). The molecular formula is C47H29N5. The first kappa shape index (κ1) is 28.7. The number of hydrogen-bond acceptors (Lipinski definition) is 3. The van der Waals surface area contributed by atoms with E-state index in [2.05, 4.69) is 185 Å². The van der Waals surface area contributed by atoms with Gasteiger partial charge in [-0.05, 0) is 57.9 Å². The molecule has 5 heteroatoms. The molecule has 0 fully saturated rings. The molecule has 0 saturated heterocycles. The predicted molar refractivity (Wildman–Crippen MR) is 214 cm³/mol. The van der Waals surface area contributed by atoms with E-state index in [1.165, 1.54) is 21.8 Å². The van der Waals surface area contributed by atoms with E-state index in [1.807, 2.05) is 0 Å². The number of rotatable bonds is 4. The zero-order valence-corrected chi connectivity index (χ0v) is 28.0. The molecule has 242 valence electrons. The summed E-state index contributed by atoms with van der Waals surface area (Å²) in [5.74, 6) is 1.85. The SMILES string of the molecule is c1ccc2c(-c3nc(-c4cccc5ccccc45)nc(-n4c5ccccc5c5cc(-n6c7ccccc7c7ccccc76)ccc54)n3)cccc2c1. The average molecular weight is 664 g/mol.